The monoisotopic (exact) mass is 294 g/mol. The fraction of sp³-hybridized carbons (Fsp3) is 1.00. The standard InChI is InChI=1S/C14H25F3N2O/c1-4-12(2)10-19(7-8-20-14(15,16)17)13(3,9-18-12)11-5-6-11/h11,18H,4-10H2,1-3H3. The number of ether oxygens (including phenoxy) is 1. The van der Waals surface area contributed by atoms with E-state index < -0.39 is 6.36 Å². The Morgan fingerprint density at radius 1 is 1.30 bits per heavy atom. The van der Waals surface area contributed by atoms with Gasteiger partial charge in [0.2, 0.25) is 0 Å². The maximum atomic E-state index is 12.1. The molecule has 1 saturated carbocycles. The molecule has 1 aliphatic carbocycles. The number of hydrogen-bond donors (Lipinski definition) is 1. The number of nitrogens with zero attached hydrogens (tertiary/aromatic N) is 1. The fourth-order valence-electron chi connectivity index (χ4n) is 3.11. The number of halogens is 3. The van der Waals surface area contributed by atoms with Crippen LogP contribution in [0.1, 0.15) is 40.0 Å². The predicted molar refractivity (Wildman–Crippen MR) is 71.4 cm³/mol. The predicted octanol–water partition coefficient (Wildman–Crippen LogP) is 2.77. The molecule has 2 unspecified atom stereocenters. The van der Waals surface area contributed by atoms with Crippen molar-refractivity contribution in [3.63, 3.8) is 0 Å². The zero-order valence-corrected chi connectivity index (χ0v) is 12.5. The van der Waals surface area contributed by atoms with E-state index in [9.17, 15) is 13.2 Å². The number of alkyl halides is 3. The van der Waals surface area contributed by atoms with Crippen molar-refractivity contribution in [2.75, 3.05) is 26.2 Å². The van der Waals surface area contributed by atoms with E-state index in [0.29, 0.717) is 12.5 Å². The van der Waals surface area contributed by atoms with E-state index in [1.807, 2.05) is 0 Å². The lowest BCUT2D eigenvalue weighted by atomic mass is 9.84. The van der Waals surface area contributed by atoms with E-state index >= 15 is 0 Å². The van der Waals surface area contributed by atoms with Crippen molar-refractivity contribution in [3.05, 3.63) is 0 Å². The van der Waals surface area contributed by atoms with E-state index in [-0.39, 0.29) is 17.7 Å². The lowest BCUT2D eigenvalue weighted by Gasteiger charge is -2.52. The summed E-state index contributed by atoms with van der Waals surface area (Å²) in [4.78, 5) is 2.20. The zero-order valence-electron chi connectivity index (χ0n) is 12.5. The average Bonchev–Trinajstić information content (AvgIpc) is 3.17. The van der Waals surface area contributed by atoms with Crippen LogP contribution in [0.15, 0.2) is 0 Å². The minimum Gasteiger partial charge on any atom is -0.308 e. The summed E-state index contributed by atoms with van der Waals surface area (Å²) in [7, 11) is 0. The Hall–Kier alpha value is -0.330. The SMILES string of the molecule is CCC1(C)CN(CCOC(F)(F)F)C(C)(C2CC2)CN1. The Morgan fingerprint density at radius 2 is 1.95 bits per heavy atom. The summed E-state index contributed by atoms with van der Waals surface area (Å²) in [5, 5.41) is 3.59. The maximum absolute atomic E-state index is 12.1. The Balaban J connectivity index is 1.99. The molecular weight excluding hydrogens is 269 g/mol. The lowest BCUT2D eigenvalue weighted by molar-refractivity contribution is -0.325. The highest BCUT2D eigenvalue weighted by atomic mass is 19.4. The van der Waals surface area contributed by atoms with Gasteiger partial charge in [-0.1, -0.05) is 6.92 Å². The fourth-order valence-corrected chi connectivity index (χ4v) is 3.11. The molecule has 0 radical (unpaired) electrons. The van der Waals surface area contributed by atoms with Crippen LogP contribution in [0.3, 0.4) is 0 Å². The average molecular weight is 294 g/mol. The Morgan fingerprint density at radius 3 is 2.45 bits per heavy atom. The summed E-state index contributed by atoms with van der Waals surface area (Å²) >= 11 is 0. The van der Waals surface area contributed by atoms with Gasteiger partial charge in [-0.05, 0) is 39.0 Å². The van der Waals surface area contributed by atoms with Crippen LogP contribution in [-0.4, -0.2) is 48.6 Å². The first kappa shape index (κ1) is 16.0. The van der Waals surface area contributed by atoms with Gasteiger partial charge in [-0.15, -0.1) is 13.2 Å². The minimum atomic E-state index is -4.53. The smallest absolute Gasteiger partial charge is 0.308 e. The number of piperazine rings is 1. The largest absolute Gasteiger partial charge is 0.522 e. The molecule has 20 heavy (non-hydrogen) atoms. The third kappa shape index (κ3) is 3.65. The van der Waals surface area contributed by atoms with Crippen LogP contribution in [0, 0.1) is 5.92 Å². The molecule has 3 nitrogen and oxygen atoms in total. The Labute approximate surface area is 118 Å². The minimum absolute atomic E-state index is 0.0212. The summed E-state index contributed by atoms with van der Waals surface area (Å²) in [5.41, 5.74) is -0.0593. The van der Waals surface area contributed by atoms with Gasteiger partial charge >= 0.3 is 6.36 Å². The van der Waals surface area contributed by atoms with E-state index in [2.05, 4.69) is 35.7 Å². The highest BCUT2D eigenvalue weighted by molar-refractivity contribution is 5.07. The highest BCUT2D eigenvalue weighted by Gasteiger charge is 2.50. The maximum Gasteiger partial charge on any atom is 0.522 e. The molecule has 0 aromatic carbocycles. The van der Waals surface area contributed by atoms with Crippen LogP contribution in [-0.2, 0) is 4.74 Å². The van der Waals surface area contributed by atoms with Crippen molar-refractivity contribution < 1.29 is 17.9 Å². The Kier molecular flexibility index (Phi) is 4.38. The van der Waals surface area contributed by atoms with Crippen molar-refractivity contribution in [2.45, 2.75) is 57.5 Å². The molecule has 118 valence electrons. The van der Waals surface area contributed by atoms with E-state index in [1.54, 1.807) is 0 Å². The summed E-state index contributed by atoms with van der Waals surface area (Å²) in [5.74, 6) is 0.599. The third-order valence-electron chi connectivity index (χ3n) is 5.00. The topological polar surface area (TPSA) is 24.5 Å². The Bertz CT molecular complexity index is 346. The molecule has 2 aliphatic rings. The van der Waals surface area contributed by atoms with Gasteiger partial charge in [0.05, 0.1) is 6.61 Å². The van der Waals surface area contributed by atoms with Crippen LogP contribution >= 0.6 is 0 Å². The molecule has 2 atom stereocenters. The third-order valence-corrected chi connectivity index (χ3v) is 5.00. The van der Waals surface area contributed by atoms with Gasteiger partial charge in [0, 0.05) is 30.7 Å². The second-order valence-electron chi connectivity index (χ2n) is 6.61. The number of rotatable bonds is 5. The van der Waals surface area contributed by atoms with Gasteiger partial charge in [-0.3, -0.25) is 9.64 Å². The molecule has 1 N–H and O–H groups in total. The van der Waals surface area contributed by atoms with E-state index in [4.69, 9.17) is 0 Å². The number of nitrogens with one attached hydrogen (secondary N) is 1. The van der Waals surface area contributed by atoms with Crippen LogP contribution in [0.5, 0.6) is 0 Å². The molecule has 0 bridgehead atoms. The first-order valence-electron chi connectivity index (χ1n) is 7.39. The summed E-state index contributed by atoms with van der Waals surface area (Å²) in [6, 6.07) is 0. The molecule has 2 rings (SSSR count). The van der Waals surface area contributed by atoms with Gasteiger partial charge in [0.15, 0.2) is 0 Å². The van der Waals surface area contributed by atoms with Gasteiger partial charge in [-0.25, -0.2) is 0 Å². The zero-order chi connectivity index (χ0) is 15.0. The van der Waals surface area contributed by atoms with Crippen molar-refractivity contribution in [1.82, 2.24) is 10.2 Å². The molecule has 0 aromatic heterocycles. The summed E-state index contributed by atoms with van der Waals surface area (Å²) in [6.07, 6.45) is -1.21. The first-order valence-corrected chi connectivity index (χ1v) is 7.39. The molecule has 0 amide bonds. The molecule has 1 saturated heterocycles. The van der Waals surface area contributed by atoms with Crippen LogP contribution in [0.4, 0.5) is 13.2 Å². The second kappa shape index (κ2) is 5.46. The molecule has 0 spiro atoms. The summed E-state index contributed by atoms with van der Waals surface area (Å²) < 4.78 is 40.4. The molecule has 1 aliphatic heterocycles. The van der Waals surface area contributed by atoms with Crippen molar-refractivity contribution in [2.24, 2.45) is 5.92 Å². The van der Waals surface area contributed by atoms with Gasteiger partial charge in [-0.2, -0.15) is 0 Å². The van der Waals surface area contributed by atoms with E-state index in [1.165, 1.54) is 12.8 Å². The number of hydrogen-bond acceptors (Lipinski definition) is 3. The quantitative estimate of drug-likeness (QED) is 0.844. The van der Waals surface area contributed by atoms with Crippen molar-refractivity contribution in [1.29, 1.82) is 0 Å². The van der Waals surface area contributed by atoms with Gasteiger partial charge in [0.1, 0.15) is 0 Å². The first-order chi connectivity index (χ1) is 9.19. The summed E-state index contributed by atoms with van der Waals surface area (Å²) in [6.45, 7) is 8.08. The van der Waals surface area contributed by atoms with Gasteiger partial charge < -0.3 is 5.32 Å². The van der Waals surface area contributed by atoms with Crippen LogP contribution in [0.2, 0.25) is 0 Å². The van der Waals surface area contributed by atoms with Crippen LogP contribution in [0.25, 0.3) is 0 Å². The second-order valence-corrected chi connectivity index (χ2v) is 6.61. The molecule has 2 fully saturated rings. The highest BCUT2D eigenvalue weighted by Crippen LogP contribution is 2.45. The normalized spacial score (nSPS) is 36.3. The van der Waals surface area contributed by atoms with Crippen molar-refractivity contribution in [3.8, 4) is 0 Å². The van der Waals surface area contributed by atoms with Gasteiger partial charge in [0.25, 0.3) is 0 Å². The van der Waals surface area contributed by atoms with E-state index in [0.717, 1.165) is 19.5 Å². The molecule has 6 heteroatoms. The molecule has 0 aromatic rings. The molecular formula is C14H25F3N2O. The lowest BCUT2D eigenvalue weighted by Crippen LogP contribution is -2.69. The molecule has 1 heterocycles. The van der Waals surface area contributed by atoms with Crippen LogP contribution < -0.4 is 5.32 Å². The van der Waals surface area contributed by atoms with Crippen molar-refractivity contribution >= 4 is 0 Å².